The molecule has 0 fully saturated rings. The maximum Gasteiger partial charge on any atom is 0.296 e. The molecule has 0 unspecified atom stereocenters. The number of benzene rings is 1. The summed E-state index contributed by atoms with van der Waals surface area (Å²) in [5.74, 6) is 0. The molecule has 1 aromatic carbocycles. The van der Waals surface area contributed by atoms with Gasteiger partial charge in [0.2, 0.25) is 0 Å². The molecule has 0 aliphatic carbocycles. The lowest BCUT2D eigenvalue weighted by Crippen LogP contribution is -2.09. The molecule has 0 aliphatic rings. The van der Waals surface area contributed by atoms with Gasteiger partial charge in [-0.25, -0.2) is 0 Å². The lowest BCUT2D eigenvalue weighted by Gasteiger charge is -2.05. The smallest absolute Gasteiger partial charge is 0.266 e. The van der Waals surface area contributed by atoms with Gasteiger partial charge in [-0.05, 0) is 36.1 Å². The average Bonchev–Trinajstić information content (AvgIpc) is 2.82. The molecule has 0 aliphatic heterocycles. The second kappa shape index (κ2) is 5.65. The van der Waals surface area contributed by atoms with Gasteiger partial charge in [0.1, 0.15) is 0 Å². The fourth-order valence-corrected chi connectivity index (χ4v) is 3.25. The third-order valence-corrected chi connectivity index (χ3v) is 4.69. The van der Waals surface area contributed by atoms with Crippen LogP contribution in [0, 0.1) is 6.92 Å². The summed E-state index contributed by atoms with van der Waals surface area (Å²) in [5, 5.41) is 1.96. The fourth-order valence-electron chi connectivity index (χ4n) is 1.55. The lowest BCUT2D eigenvalue weighted by molar-refractivity contribution is 0.323. The van der Waals surface area contributed by atoms with Crippen molar-refractivity contribution in [2.24, 2.45) is 0 Å². The molecule has 1 aromatic heterocycles. The Labute approximate surface area is 111 Å². The van der Waals surface area contributed by atoms with Crippen LogP contribution in [0.4, 0.5) is 0 Å². The van der Waals surface area contributed by atoms with Gasteiger partial charge < -0.3 is 0 Å². The van der Waals surface area contributed by atoms with E-state index < -0.39 is 10.1 Å². The van der Waals surface area contributed by atoms with Gasteiger partial charge in [-0.2, -0.15) is 8.42 Å². The number of thiophene rings is 1. The zero-order valence-corrected chi connectivity index (χ0v) is 11.6. The first-order valence-corrected chi connectivity index (χ1v) is 7.85. The van der Waals surface area contributed by atoms with Gasteiger partial charge in [-0.15, -0.1) is 11.3 Å². The molecule has 18 heavy (non-hydrogen) atoms. The highest BCUT2D eigenvalue weighted by atomic mass is 32.2. The van der Waals surface area contributed by atoms with E-state index >= 15 is 0 Å². The van der Waals surface area contributed by atoms with E-state index in [4.69, 9.17) is 4.18 Å². The molecule has 5 heteroatoms. The van der Waals surface area contributed by atoms with Gasteiger partial charge in [-0.1, -0.05) is 18.2 Å². The Hall–Kier alpha value is -1.17. The third kappa shape index (κ3) is 3.41. The number of hydrogen-bond acceptors (Lipinski definition) is 4. The highest BCUT2D eigenvalue weighted by Crippen LogP contribution is 2.15. The largest absolute Gasteiger partial charge is 0.296 e. The van der Waals surface area contributed by atoms with Crippen molar-refractivity contribution in [1.82, 2.24) is 0 Å². The van der Waals surface area contributed by atoms with Crippen molar-refractivity contribution in [1.29, 1.82) is 0 Å². The predicted molar refractivity (Wildman–Crippen MR) is 72.3 cm³/mol. The van der Waals surface area contributed by atoms with E-state index in [-0.39, 0.29) is 11.5 Å². The monoisotopic (exact) mass is 282 g/mol. The summed E-state index contributed by atoms with van der Waals surface area (Å²) in [6.45, 7) is 2.03. The van der Waals surface area contributed by atoms with Crippen LogP contribution in [0.25, 0.3) is 0 Å². The Kier molecular flexibility index (Phi) is 4.16. The molecule has 2 aromatic rings. The van der Waals surface area contributed by atoms with Crippen LogP contribution in [0.3, 0.4) is 0 Å². The van der Waals surface area contributed by atoms with Crippen molar-refractivity contribution in [3.63, 3.8) is 0 Å². The normalized spacial score (nSPS) is 11.6. The van der Waals surface area contributed by atoms with E-state index in [0.717, 1.165) is 10.4 Å². The van der Waals surface area contributed by atoms with Crippen molar-refractivity contribution >= 4 is 21.5 Å². The van der Waals surface area contributed by atoms with Crippen LogP contribution in [0.1, 0.15) is 10.4 Å². The first kappa shape index (κ1) is 13.3. The minimum atomic E-state index is -3.63. The van der Waals surface area contributed by atoms with Crippen molar-refractivity contribution in [3.8, 4) is 0 Å². The molecule has 1 heterocycles. The van der Waals surface area contributed by atoms with Gasteiger partial charge in [0.15, 0.2) is 0 Å². The SMILES string of the molecule is Cc1cccc(S(=O)(=O)OCCc2cccs2)c1. The summed E-state index contributed by atoms with van der Waals surface area (Å²) in [7, 11) is -3.63. The third-order valence-electron chi connectivity index (χ3n) is 2.45. The molecule has 0 radical (unpaired) electrons. The van der Waals surface area contributed by atoms with E-state index in [2.05, 4.69) is 0 Å². The molecule has 0 saturated carbocycles. The molecular formula is C13H14O3S2. The quantitative estimate of drug-likeness (QED) is 0.792. The van der Waals surface area contributed by atoms with Gasteiger partial charge in [-0.3, -0.25) is 4.18 Å². The summed E-state index contributed by atoms with van der Waals surface area (Å²) in [4.78, 5) is 1.34. The maximum atomic E-state index is 11.9. The number of hydrogen-bond donors (Lipinski definition) is 0. The summed E-state index contributed by atoms with van der Waals surface area (Å²) >= 11 is 1.60. The molecule has 3 nitrogen and oxygen atoms in total. The number of rotatable bonds is 5. The molecule has 96 valence electrons. The van der Waals surface area contributed by atoms with E-state index in [1.54, 1.807) is 29.5 Å². The summed E-state index contributed by atoms with van der Waals surface area (Å²) < 4.78 is 28.8. The topological polar surface area (TPSA) is 43.4 Å². The zero-order chi connectivity index (χ0) is 13.0. The Morgan fingerprint density at radius 3 is 2.72 bits per heavy atom. The van der Waals surface area contributed by atoms with Crippen LogP contribution >= 0.6 is 11.3 Å². The minimum absolute atomic E-state index is 0.177. The highest BCUT2D eigenvalue weighted by molar-refractivity contribution is 7.86. The summed E-state index contributed by atoms with van der Waals surface area (Å²) in [6, 6.07) is 10.6. The van der Waals surface area contributed by atoms with Crippen LogP contribution in [-0.4, -0.2) is 15.0 Å². The van der Waals surface area contributed by atoms with Crippen molar-refractivity contribution < 1.29 is 12.6 Å². The second-order valence-electron chi connectivity index (χ2n) is 3.92. The predicted octanol–water partition coefficient (Wildman–Crippen LogP) is 3.00. The van der Waals surface area contributed by atoms with E-state index in [9.17, 15) is 8.42 Å². The first-order chi connectivity index (χ1) is 8.58. The van der Waals surface area contributed by atoms with Crippen molar-refractivity contribution in [3.05, 3.63) is 52.2 Å². The Morgan fingerprint density at radius 2 is 2.06 bits per heavy atom. The van der Waals surface area contributed by atoms with Gasteiger partial charge in [0, 0.05) is 11.3 Å². The van der Waals surface area contributed by atoms with Crippen molar-refractivity contribution in [2.75, 3.05) is 6.61 Å². The Bertz CT molecular complexity index is 601. The Balaban J connectivity index is 1.99. The molecule has 0 saturated heterocycles. The maximum absolute atomic E-state index is 11.9. The molecule has 0 amide bonds. The summed E-state index contributed by atoms with van der Waals surface area (Å²) in [5.41, 5.74) is 0.901. The van der Waals surface area contributed by atoms with Crippen LogP contribution < -0.4 is 0 Å². The van der Waals surface area contributed by atoms with Crippen LogP contribution in [-0.2, 0) is 20.7 Å². The highest BCUT2D eigenvalue weighted by Gasteiger charge is 2.14. The first-order valence-electron chi connectivity index (χ1n) is 5.56. The molecular weight excluding hydrogens is 268 g/mol. The number of aryl methyl sites for hydroxylation is 1. The van der Waals surface area contributed by atoms with Gasteiger partial charge >= 0.3 is 0 Å². The van der Waals surface area contributed by atoms with Crippen molar-refractivity contribution in [2.45, 2.75) is 18.2 Å². The van der Waals surface area contributed by atoms with Crippen LogP contribution in [0.5, 0.6) is 0 Å². The van der Waals surface area contributed by atoms with Gasteiger partial charge in [0.05, 0.1) is 11.5 Å². The van der Waals surface area contributed by atoms with E-state index in [1.165, 1.54) is 0 Å². The Morgan fingerprint density at radius 1 is 1.22 bits per heavy atom. The van der Waals surface area contributed by atoms with Gasteiger partial charge in [0.25, 0.3) is 10.1 Å². The fraction of sp³-hybridized carbons (Fsp3) is 0.231. The standard InChI is InChI=1S/C13H14O3S2/c1-11-4-2-6-13(10-11)18(14,15)16-8-7-12-5-3-9-17-12/h2-6,9-10H,7-8H2,1H3. The zero-order valence-electron chi connectivity index (χ0n) is 10.00. The molecule has 0 bridgehead atoms. The van der Waals surface area contributed by atoms with E-state index in [0.29, 0.717) is 6.42 Å². The van der Waals surface area contributed by atoms with Crippen LogP contribution in [0.15, 0.2) is 46.7 Å². The summed E-state index contributed by atoms with van der Waals surface area (Å²) in [6.07, 6.45) is 0.614. The van der Waals surface area contributed by atoms with E-state index in [1.807, 2.05) is 30.5 Å². The lowest BCUT2D eigenvalue weighted by atomic mass is 10.2. The minimum Gasteiger partial charge on any atom is -0.266 e. The average molecular weight is 282 g/mol. The molecule has 2 rings (SSSR count). The molecule has 0 atom stereocenters. The van der Waals surface area contributed by atoms with Crippen LogP contribution in [0.2, 0.25) is 0 Å². The molecule has 0 spiro atoms. The molecule has 0 N–H and O–H groups in total. The second-order valence-corrected chi connectivity index (χ2v) is 6.57.